The highest BCUT2D eigenvalue weighted by atomic mass is 32.2. The van der Waals surface area contributed by atoms with E-state index >= 15 is 0 Å². The average Bonchev–Trinajstić information content (AvgIpc) is 2.72. The molecule has 8 heteroatoms. The number of hydrogen-bond acceptors (Lipinski definition) is 4. The molecule has 2 aliphatic rings. The van der Waals surface area contributed by atoms with E-state index < -0.39 is 33.3 Å². The first-order chi connectivity index (χ1) is 10.9. The van der Waals surface area contributed by atoms with Gasteiger partial charge >= 0.3 is 10.2 Å². The number of nitrogens with one attached hydrogen (secondary N) is 1. The lowest BCUT2D eigenvalue weighted by atomic mass is 9.85. The van der Waals surface area contributed by atoms with Crippen LogP contribution in [0.2, 0.25) is 0 Å². The molecule has 1 heterocycles. The monoisotopic (exact) mass is 342 g/mol. The van der Waals surface area contributed by atoms with Crippen molar-refractivity contribution in [2.24, 2.45) is 5.92 Å². The maximum absolute atomic E-state index is 14.4. The van der Waals surface area contributed by atoms with E-state index in [1.165, 1.54) is 31.4 Å². The first-order valence-electron chi connectivity index (χ1n) is 7.61. The molecule has 1 aromatic rings. The predicted molar refractivity (Wildman–Crippen MR) is 83.6 cm³/mol. The fourth-order valence-corrected chi connectivity index (χ4v) is 4.35. The normalized spacial score (nSPS) is 21.1. The van der Waals surface area contributed by atoms with Gasteiger partial charge in [0, 0.05) is 0 Å². The van der Waals surface area contributed by atoms with Crippen molar-refractivity contribution in [3.05, 3.63) is 35.6 Å². The average molecular weight is 342 g/mol. The maximum atomic E-state index is 14.4. The van der Waals surface area contributed by atoms with Crippen molar-refractivity contribution < 1.29 is 23.0 Å². The van der Waals surface area contributed by atoms with Crippen molar-refractivity contribution in [1.82, 2.24) is 4.72 Å². The van der Waals surface area contributed by atoms with Crippen molar-refractivity contribution in [3.63, 3.8) is 0 Å². The third-order valence-electron chi connectivity index (χ3n) is 4.30. The number of rotatable bonds is 3. The molecule has 3 N–H and O–H groups in total. The van der Waals surface area contributed by atoms with E-state index in [9.17, 15) is 23.0 Å². The molecule has 6 nitrogen and oxygen atoms in total. The molecule has 23 heavy (non-hydrogen) atoms. The van der Waals surface area contributed by atoms with Gasteiger partial charge in [-0.2, -0.15) is 8.42 Å². The number of anilines is 1. The molecule has 3 rings (SSSR count). The van der Waals surface area contributed by atoms with Gasteiger partial charge in [-0.15, -0.1) is 0 Å². The molecule has 1 saturated carbocycles. The number of aliphatic hydroxyl groups excluding tert-OH is 1. The number of aromatic hydroxyl groups is 1. The summed E-state index contributed by atoms with van der Waals surface area (Å²) in [6, 6.07) is 2.65. The van der Waals surface area contributed by atoms with Crippen molar-refractivity contribution in [2.45, 2.75) is 38.5 Å². The lowest BCUT2D eigenvalue weighted by Crippen LogP contribution is -2.30. The summed E-state index contributed by atoms with van der Waals surface area (Å²) in [7, 11) is -4.13. The fourth-order valence-electron chi connectivity index (χ4n) is 3.27. The number of benzene rings is 1. The van der Waals surface area contributed by atoms with Gasteiger partial charge in [-0.25, -0.2) is 13.4 Å². The summed E-state index contributed by atoms with van der Waals surface area (Å²) in [6.45, 7) is 0. The maximum Gasteiger partial charge on any atom is 0.330 e. The SMILES string of the molecule is O=S1(=O)NC(O)=CN1c1c(O)cc(CC2CCCCC2)cc1F. The Morgan fingerprint density at radius 2 is 1.91 bits per heavy atom. The van der Waals surface area contributed by atoms with Gasteiger partial charge in [0.15, 0.2) is 5.82 Å². The summed E-state index contributed by atoms with van der Waals surface area (Å²) in [5.41, 5.74) is 0.155. The van der Waals surface area contributed by atoms with E-state index in [2.05, 4.69) is 0 Å². The number of hydrogen-bond donors (Lipinski definition) is 3. The molecule has 0 radical (unpaired) electrons. The summed E-state index contributed by atoms with van der Waals surface area (Å²) < 4.78 is 40.3. The van der Waals surface area contributed by atoms with E-state index in [1.807, 2.05) is 4.72 Å². The number of halogens is 1. The van der Waals surface area contributed by atoms with Crippen LogP contribution in [0.5, 0.6) is 5.75 Å². The molecule has 0 saturated heterocycles. The van der Waals surface area contributed by atoms with E-state index in [0.717, 1.165) is 19.0 Å². The predicted octanol–water partition coefficient (Wildman–Crippen LogP) is 2.67. The summed E-state index contributed by atoms with van der Waals surface area (Å²) >= 11 is 0. The van der Waals surface area contributed by atoms with Crippen LogP contribution in [0.15, 0.2) is 24.2 Å². The van der Waals surface area contributed by atoms with Gasteiger partial charge in [-0.3, -0.25) is 0 Å². The first kappa shape index (κ1) is 15.9. The minimum Gasteiger partial charge on any atom is -0.506 e. The zero-order valence-corrected chi connectivity index (χ0v) is 13.3. The molecule has 0 spiro atoms. The van der Waals surface area contributed by atoms with Gasteiger partial charge < -0.3 is 10.2 Å². The highest BCUT2D eigenvalue weighted by molar-refractivity contribution is 7.91. The van der Waals surface area contributed by atoms with Crippen molar-refractivity contribution in [3.8, 4) is 5.75 Å². The molecule has 0 amide bonds. The quantitative estimate of drug-likeness (QED) is 0.788. The van der Waals surface area contributed by atoms with E-state index in [0.29, 0.717) is 22.2 Å². The van der Waals surface area contributed by atoms with Gasteiger partial charge in [0.2, 0.25) is 5.88 Å². The van der Waals surface area contributed by atoms with Gasteiger partial charge in [0.05, 0.1) is 6.20 Å². The first-order valence-corrected chi connectivity index (χ1v) is 9.05. The summed E-state index contributed by atoms with van der Waals surface area (Å²) in [5, 5.41) is 19.4. The lowest BCUT2D eigenvalue weighted by molar-refractivity contribution is 0.355. The Labute approximate surface area is 134 Å². The van der Waals surface area contributed by atoms with Gasteiger partial charge in [-0.05, 0) is 30.0 Å². The second-order valence-electron chi connectivity index (χ2n) is 6.07. The van der Waals surface area contributed by atoms with Gasteiger partial charge in [0.1, 0.15) is 11.4 Å². The smallest absolute Gasteiger partial charge is 0.330 e. The largest absolute Gasteiger partial charge is 0.506 e. The zero-order chi connectivity index (χ0) is 16.6. The minimum absolute atomic E-state index is 0.466. The highest BCUT2D eigenvalue weighted by Crippen LogP contribution is 2.37. The van der Waals surface area contributed by atoms with Crippen LogP contribution < -0.4 is 9.03 Å². The van der Waals surface area contributed by atoms with Crippen LogP contribution >= 0.6 is 0 Å². The molecule has 0 bridgehead atoms. The lowest BCUT2D eigenvalue weighted by Gasteiger charge is -2.22. The van der Waals surface area contributed by atoms with E-state index in [-0.39, 0.29) is 0 Å². The topological polar surface area (TPSA) is 89.9 Å². The van der Waals surface area contributed by atoms with Crippen molar-refractivity contribution >= 4 is 15.9 Å². The van der Waals surface area contributed by atoms with Crippen LogP contribution in [-0.4, -0.2) is 18.6 Å². The molecule has 0 unspecified atom stereocenters. The highest BCUT2D eigenvalue weighted by Gasteiger charge is 2.33. The Bertz CT molecular complexity index is 719. The molecule has 1 aliphatic heterocycles. The Morgan fingerprint density at radius 3 is 2.48 bits per heavy atom. The van der Waals surface area contributed by atoms with Gasteiger partial charge in [0.25, 0.3) is 0 Å². The molecule has 126 valence electrons. The molecular weight excluding hydrogens is 323 g/mol. The number of phenols is 1. The minimum atomic E-state index is -4.13. The van der Waals surface area contributed by atoms with Crippen LogP contribution in [0.4, 0.5) is 10.1 Å². The third-order valence-corrected chi connectivity index (χ3v) is 5.58. The number of phenolic OH excluding ortho intramolecular Hbond substituents is 1. The Kier molecular flexibility index (Phi) is 4.09. The summed E-state index contributed by atoms with van der Waals surface area (Å²) in [4.78, 5) is 0. The van der Waals surface area contributed by atoms with Crippen molar-refractivity contribution in [2.75, 3.05) is 4.31 Å². The molecular formula is C15H19FN2O4S. The number of aliphatic hydroxyl groups is 1. The Hall–Kier alpha value is -1.96. The second kappa shape index (κ2) is 5.92. The zero-order valence-electron chi connectivity index (χ0n) is 12.5. The fraction of sp³-hybridized carbons (Fsp3) is 0.467. The van der Waals surface area contributed by atoms with Crippen LogP contribution in [-0.2, 0) is 16.6 Å². The van der Waals surface area contributed by atoms with Crippen LogP contribution in [0, 0.1) is 11.7 Å². The third kappa shape index (κ3) is 3.21. The molecule has 0 atom stereocenters. The Morgan fingerprint density at radius 1 is 1.22 bits per heavy atom. The number of nitrogens with zero attached hydrogens (tertiary/aromatic N) is 1. The molecule has 1 aliphatic carbocycles. The van der Waals surface area contributed by atoms with Crippen LogP contribution in [0.1, 0.15) is 37.7 Å². The summed E-state index contributed by atoms with van der Waals surface area (Å²) in [6.07, 6.45) is 7.21. The van der Waals surface area contributed by atoms with Crippen molar-refractivity contribution in [1.29, 1.82) is 0 Å². The van der Waals surface area contributed by atoms with E-state index in [4.69, 9.17) is 0 Å². The summed E-state index contributed by atoms with van der Waals surface area (Å²) in [5.74, 6) is -1.47. The molecule has 1 aromatic carbocycles. The standard InChI is InChI=1S/C15H19FN2O4S/c16-12-7-11(6-10-4-2-1-3-5-10)8-13(19)15(12)18-9-14(20)17-23(18,21)22/h7-10,17,19-20H,1-6H2. The van der Waals surface area contributed by atoms with Crippen LogP contribution in [0.25, 0.3) is 0 Å². The van der Waals surface area contributed by atoms with Gasteiger partial charge in [-0.1, -0.05) is 32.1 Å². The van der Waals surface area contributed by atoms with Crippen LogP contribution in [0.3, 0.4) is 0 Å². The van der Waals surface area contributed by atoms with E-state index in [1.54, 1.807) is 0 Å². The molecule has 1 fully saturated rings. The second-order valence-corrected chi connectivity index (χ2v) is 7.62. The molecule has 0 aromatic heterocycles. The Balaban J connectivity index is 1.89.